The molecule has 2 aromatic carbocycles. The fraction of sp³-hybridized carbons (Fsp3) is 0.444. The number of aromatic nitrogens is 1. The van der Waals surface area contributed by atoms with Gasteiger partial charge in [0.1, 0.15) is 0 Å². The van der Waals surface area contributed by atoms with Gasteiger partial charge in [-0.2, -0.15) is 13.2 Å². The fourth-order valence-corrected chi connectivity index (χ4v) is 4.80. The van der Waals surface area contributed by atoms with Crippen molar-refractivity contribution in [3.63, 3.8) is 0 Å². The van der Waals surface area contributed by atoms with Crippen LogP contribution in [0.25, 0.3) is 10.9 Å². The highest BCUT2D eigenvalue weighted by Crippen LogP contribution is 2.31. The van der Waals surface area contributed by atoms with Gasteiger partial charge in [0.2, 0.25) is 0 Å². The van der Waals surface area contributed by atoms with E-state index in [1.54, 1.807) is 12.1 Å². The Kier molecular flexibility index (Phi) is 7.33. The third-order valence-electron chi connectivity index (χ3n) is 6.69. The van der Waals surface area contributed by atoms with Gasteiger partial charge in [0.15, 0.2) is 0 Å². The standard InChI is InChI=1S/C27H31F3N2/c28-27(29,30)23-14-12-21(13-15-23)7-3-1-2-4-8-22-16-19-32(20-17-22)26-11-5-10-25-24(26)9-6-18-31-25/h5-6,9-15,18,22H,1-4,7-8,16-17,19-20H2. The average Bonchev–Trinajstić information content (AvgIpc) is 2.81. The minimum atomic E-state index is -4.25. The maximum Gasteiger partial charge on any atom is 0.416 e. The van der Waals surface area contributed by atoms with Gasteiger partial charge in [0.25, 0.3) is 0 Å². The summed E-state index contributed by atoms with van der Waals surface area (Å²) in [5.41, 5.74) is 2.79. The Morgan fingerprint density at radius 1 is 0.844 bits per heavy atom. The summed E-state index contributed by atoms with van der Waals surface area (Å²) in [4.78, 5) is 6.98. The number of halogens is 3. The molecule has 0 aliphatic carbocycles. The Bertz CT molecular complexity index is 984. The maximum absolute atomic E-state index is 12.6. The lowest BCUT2D eigenvalue weighted by Gasteiger charge is -2.34. The minimum Gasteiger partial charge on any atom is -0.371 e. The first-order chi connectivity index (χ1) is 15.5. The number of hydrogen-bond acceptors (Lipinski definition) is 2. The van der Waals surface area contributed by atoms with Gasteiger partial charge in [-0.15, -0.1) is 0 Å². The summed E-state index contributed by atoms with van der Waals surface area (Å²) in [6.07, 6.45) is 6.85. The molecular weight excluding hydrogens is 409 g/mol. The first kappa shape index (κ1) is 22.6. The van der Waals surface area contributed by atoms with E-state index in [-0.39, 0.29) is 0 Å². The number of unbranched alkanes of at least 4 members (excludes halogenated alkanes) is 3. The van der Waals surface area contributed by atoms with Crippen molar-refractivity contribution in [2.45, 2.75) is 57.5 Å². The SMILES string of the molecule is FC(F)(F)c1ccc(CCCCCCC2CCN(c3cccc4ncccc34)CC2)cc1. The summed E-state index contributed by atoms with van der Waals surface area (Å²) in [6, 6.07) is 16.2. The van der Waals surface area contributed by atoms with Crippen molar-refractivity contribution < 1.29 is 13.2 Å². The quantitative estimate of drug-likeness (QED) is 0.334. The zero-order chi connectivity index (χ0) is 22.4. The number of nitrogens with zero attached hydrogens (tertiary/aromatic N) is 2. The highest BCUT2D eigenvalue weighted by molar-refractivity contribution is 5.91. The Balaban J connectivity index is 1.13. The molecule has 2 nitrogen and oxygen atoms in total. The number of anilines is 1. The number of pyridine rings is 1. The molecule has 2 heterocycles. The summed E-state index contributed by atoms with van der Waals surface area (Å²) >= 11 is 0. The molecule has 0 unspecified atom stereocenters. The molecule has 0 N–H and O–H groups in total. The van der Waals surface area contributed by atoms with Crippen LogP contribution < -0.4 is 4.90 Å². The first-order valence-corrected chi connectivity index (χ1v) is 11.8. The van der Waals surface area contributed by atoms with Gasteiger partial charge in [-0.3, -0.25) is 4.98 Å². The van der Waals surface area contributed by atoms with Crippen LogP contribution in [-0.2, 0) is 12.6 Å². The van der Waals surface area contributed by atoms with E-state index in [9.17, 15) is 13.2 Å². The normalized spacial score (nSPS) is 15.4. The van der Waals surface area contributed by atoms with Gasteiger partial charge in [-0.1, -0.05) is 43.9 Å². The second kappa shape index (κ2) is 10.4. The van der Waals surface area contributed by atoms with Crippen LogP contribution in [0.3, 0.4) is 0 Å². The predicted octanol–water partition coefficient (Wildman–Crippen LogP) is 7.66. The summed E-state index contributed by atoms with van der Waals surface area (Å²) in [7, 11) is 0. The number of piperidine rings is 1. The third-order valence-corrected chi connectivity index (χ3v) is 6.69. The molecule has 0 amide bonds. The van der Waals surface area contributed by atoms with Crippen LogP contribution in [-0.4, -0.2) is 18.1 Å². The molecule has 1 saturated heterocycles. The number of rotatable bonds is 8. The zero-order valence-electron chi connectivity index (χ0n) is 18.5. The first-order valence-electron chi connectivity index (χ1n) is 11.8. The summed E-state index contributed by atoms with van der Waals surface area (Å²) in [5.74, 6) is 0.800. The Morgan fingerprint density at radius 3 is 2.34 bits per heavy atom. The van der Waals surface area contributed by atoms with E-state index in [0.717, 1.165) is 49.4 Å². The summed E-state index contributed by atoms with van der Waals surface area (Å²) in [6.45, 7) is 2.21. The van der Waals surface area contributed by atoms with E-state index in [2.05, 4.69) is 34.1 Å². The molecule has 170 valence electrons. The number of aryl methyl sites for hydroxylation is 1. The van der Waals surface area contributed by atoms with Crippen LogP contribution in [0, 0.1) is 5.92 Å². The molecule has 1 aromatic heterocycles. The van der Waals surface area contributed by atoms with Crippen molar-refractivity contribution in [1.29, 1.82) is 0 Å². The van der Waals surface area contributed by atoms with Crippen molar-refractivity contribution in [1.82, 2.24) is 4.98 Å². The van der Waals surface area contributed by atoms with Crippen LogP contribution in [0.1, 0.15) is 56.1 Å². The van der Waals surface area contributed by atoms with E-state index < -0.39 is 11.7 Å². The topological polar surface area (TPSA) is 16.1 Å². The average molecular weight is 441 g/mol. The van der Waals surface area contributed by atoms with Crippen LogP contribution >= 0.6 is 0 Å². The molecule has 0 radical (unpaired) electrons. The van der Waals surface area contributed by atoms with E-state index in [1.807, 2.05) is 12.3 Å². The van der Waals surface area contributed by atoms with E-state index in [4.69, 9.17) is 0 Å². The second-order valence-corrected chi connectivity index (χ2v) is 8.93. The van der Waals surface area contributed by atoms with Crippen molar-refractivity contribution in [3.05, 3.63) is 71.9 Å². The highest BCUT2D eigenvalue weighted by atomic mass is 19.4. The lowest BCUT2D eigenvalue weighted by Crippen LogP contribution is -2.33. The summed E-state index contributed by atoms with van der Waals surface area (Å²) < 4.78 is 37.9. The minimum absolute atomic E-state index is 0.565. The van der Waals surface area contributed by atoms with Gasteiger partial charge in [0, 0.05) is 30.4 Å². The zero-order valence-corrected chi connectivity index (χ0v) is 18.5. The smallest absolute Gasteiger partial charge is 0.371 e. The Morgan fingerprint density at radius 2 is 1.59 bits per heavy atom. The number of alkyl halides is 3. The van der Waals surface area contributed by atoms with Crippen molar-refractivity contribution in [2.75, 3.05) is 18.0 Å². The lowest BCUT2D eigenvalue weighted by atomic mass is 9.90. The van der Waals surface area contributed by atoms with Crippen LogP contribution in [0.5, 0.6) is 0 Å². The molecule has 1 aliphatic heterocycles. The van der Waals surface area contributed by atoms with E-state index >= 15 is 0 Å². The molecule has 0 bridgehead atoms. The largest absolute Gasteiger partial charge is 0.416 e. The molecule has 0 atom stereocenters. The van der Waals surface area contributed by atoms with Gasteiger partial charge in [0.05, 0.1) is 11.1 Å². The van der Waals surface area contributed by atoms with Crippen LogP contribution in [0.2, 0.25) is 0 Å². The molecule has 3 aromatic rings. The van der Waals surface area contributed by atoms with E-state index in [0.29, 0.717) is 0 Å². The van der Waals surface area contributed by atoms with Gasteiger partial charge >= 0.3 is 6.18 Å². The highest BCUT2D eigenvalue weighted by Gasteiger charge is 2.29. The number of hydrogen-bond donors (Lipinski definition) is 0. The van der Waals surface area contributed by atoms with Crippen molar-refractivity contribution in [3.8, 4) is 0 Å². The Labute approximate surface area is 188 Å². The number of fused-ring (bicyclic) bond motifs is 1. The molecule has 1 aliphatic rings. The maximum atomic E-state index is 12.6. The van der Waals surface area contributed by atoms with Gasteiger partial charge in [-0.05, 0) is 73.6 Å². The molecule has 5 heteroatoms. The van der Waals surface area contributed by atoms with Crippen molar-refractivity contribution >= 4 is 16.6 Å². The fourth-order valence-electron chi connectivity index (χ4n) is 4.80. The molecule has 32 heavy (non-hydrogen) atoms. The monoisotopic (exact) mass is 440 g/mol. The van der Waals surface area contributed by atoms with Crippen molar-refractivity contribution in [2.24, 2.45) is 5.92 Å². The molecular formula is C27H31F3N2. The molecule has 0 spiro atoms. The van der Waals surface area contributed by atoms with Crippen LogP contribution in [0.15, 0.2) is 60.8 Å². The third kappa shape index (κ3) is 5.81. The molecule has 0 saturated carbocycles. The van der Waals surface area contributed by atoms with E-state index in [1.165, 1.54) is 55.3 Å². The summed E-state index contributed by atoms with van der Waals surface area (Å²) in [5, 5.41) is 1.24. The second-order valence-electron chi connectivity index (χ2n) is 8.93. The van der Waals surface area contributed by atoms with Crippen LogP contribution in [0.4, 0.5) is 18.9 Å². The Hall–Kier alpha value is -2.56. The number of benzene rings is 2. The molecule has 4 rings (SSSR count). The lowest BCUT2D eigenvalue weighted by molar-refractivity contribution is -0.137. The molecule has 1 fully saturated rings. The van der Waals surface area contributed by atoms with Gasteiger partial charge < -0.3 is 4.90 Å². The van der Waals surface area contributed by atoms with Gasteiger partial charge in [-0.25, -0.2) is 0 Å². The predicted molar refractivity (Wildman–Crippen MR) is 125 cm³/mol.